The van der Waals surface area contributed by atoms with Crippen LogP contribution in [0.4, 0.5) is 5.69 Å². The van der Waals surface area contributed by atoms with Crippen molar-refractivity contribution in [2.24, 2.45) is 0 Å². The highest BCUT2D eigenvalue weighted by Gasteiger charge is 2.36. The van der Waals surface area contributed by atoms with Crippen molar-refractivity contribution in [2.75, 3.05) is 4.90 Å². The fourth-order valence-electron chi connectivity index (χ4n) is 3.52. The molecule has 5 nitrogen and oxygen atoms in total. The summed E-state index contributed by atoms with van der Waals surface area (Å²) in [6.45, 7) is 2.05. The van der Waals surface area contributed by atoms with Crippen LogP contribution in [-0.4, -0.2) is 21.8 Å². The Balaban J connectivity index is 1.58. The third kappa shape index (κ3) is 2.36. The van der Waals surface area contributed by atoms with Crippen LogP contribution in [0.25, 0.3) is 22.2 Å². The SMILES string of the molecule is Cc1ccc2cc(-c3cncc(N4C(=O)c5ccccc5C4=O)c3)[nH]c2c1. The number of benzene rings is 2. The first-order valence-electron chi connectivity index (χ1n) is 8.64. The summed E-state index contributed by atoms with van der Waals surface area (Å²) in [5.41, 5.74) is 5.24. The highest BCUT2D eigenvalue weighted by atomic mass is 16.2. The Morgan fingerprint density at radius 1 is 0.889 bits per heavy atom. The molecule has 4 aromatic rings. The van der Waals surface area contributed by atoms with Crippen LogP contribution in [0.15, 0.2) is 67.0 Å². The van der Waals surface area contributed by atoms with Gasteiger partial charge in [-0.15, -0.1) is 0 Å². The number of aryl methyl sites for hydroxylation is 1. The van der Waals surface area contributed by atoms with Gasteiger partial charge in [-0.05, 0) is 42.8 Å². The molecule has 3 heterocycles. The van der Waals surface area contributed by atoms with Gasteiger partial charge in [0, 0.05) is 28.4 Å². The summed E-state index contributed by atoms with van der Waals surface area (Å²) < 4.78 is 0. The van der Waals surface area contributed by atoms with E-state index in [-0.39, 0.29) is 11.8 Å². The molecule has 0 saturated carbocycles. The molecular formula is C22H15N3O2. The van der Waals surface area contributed by atoms with Crippen molar-refractivity contribution < 1.29 is 9.59 Å². The smallest absolute Gasteiger partial charge is 0.266 e. The lowest BCUT2D eigenvalue weighted by atomic mass is 10.1. The third-order valence-electron chi connectivity index (χ3n) is 4.87. The van der Waals surface area contributed by atoms with Crippen LogP contribution < -0.4 is 4.90 Å². The highest BCUT2D eigenvalue weighted by Crippen LogP contribution is 2.31. The average molecular weight is 353 g/mol. The molecule has 0 unspecified atom stereocenters. The normalized spacial score (nSPS) is 13.4. The van der Waals surface area contributed by atoms with Crippen molar-refractivity contribution in [1.82, 2.24) is 9.97 Å². The summed E-state index contributed by atoms with van der Waals surface area (Å²) in [5, 5.41) is 1.10. The predicted octanol–water partition coefficient (Wildman–Crippen LogP) is 4.34. The zero-order chi connectivity index (χ0) is 18.5. The molecule has 130 valence electrons. The van der Waals surface area contributed by atoms with E-state index in [1.54, 1.807) is 30.5 Å². The van der Waals surface area contributed by atoms with Gasteiger partial charge in [0.25, 0.3) is 11.8 Å². The van der Waals surface area contributed by atoms with Crippen molar-refractivity contribution in [3.05, 3.63) is 83.7 Å². The van der Waals surface area contributed by atoms with Gasteiger partial charge in [-0.1, -0.05) is 24.3 Å². The topological polar surface area (TPSA) is 66.1 Å². The summed E-state index contributed by atoms with van der Waals surface area (Å²) >= 11 is 0. The minimum absolute atomic E-state index is 0.318. The number of aromatic amines is 1. The van der Waals surface area contributed by atoms with Crippen molar-refractivity contribution in [1.29, 1.82) is 0 Å². The summed E-state index contributed by atoms with van der Waals surface area (Å²) in [7, 11) is 0. The maximum atomic E-state index is 12.7. The number of hydrogen-bond acceptors (Lipinski definition) is 3. The number of amides is 2. The van der Waals surface area contributed by atoms with E-state index in [0.29, 0.717) is 16.8 Å². The van der Waals surface area contributed by atoms with Gasteiger partial charge in [0.2, 0.25) is 0 Å². The Morgan fingerprint density at radius 3 is 2.37 bits per heavy atom. The fraction of sp³-hybridized carbons (Fsp3) is 0.0455. The molecule has 27 heavy (non-hydrogen) atoms. The van der Waals surface area contributed by atoms with Crippen LogP contribution in [0, 0.1) is 6.92 Å². The van der Waals surface area contributed by atoms with Crippen LogP contribution in [0.3, 0.4) is 0 Å². The first kappa shape index (κ1) is 15.5. The average Bonchev–Trinajstić information content (AvgIpc) is 3.21. The van der Waals surface area contributed by atoms with Crippen molar-refractivity contribution in [3.63, 3.8) is 0 Å². The number of pyridine rings is 1. The van der Waals surface area contributed by atoms with Gasteiger partial charge in [0.05, 0.1) is 23.0 Å². The van der Waals surface area contributed by atoms with E-state index in [0.717, 1.165) is 22.2 Å². The van der Waals surface area contributed by atoms with Crippen LogP contribution in [-0.2, 0) is 0 Å². The number of nitrogens with zero attached hydrogens (tertiary/aromatic N) is 2. The quantitative estimate of drug-likeness (QED) is 0.545. The third-order valence-corrected chi connectivity index (χ3v) is 4.87. The monoisotopic (exact) mass is 353 g/mol. The molecule has 0 atom stereocenters. The van der Waals surface area contributed by atoms with Crippen LogP contribution in [0.5, 0.6) is 0 Å². The number of rotatable bonds is 2. The van der Waals surface area contributed by atoms with Gasteiger partial charge in [-0.2, -0.15) is 0 Å². The lowest BCUT2D eigenvalue weighted by molar-refractivity contribution is 0.0926. The Morgan fingerprint density at radius 2 is 1.63 bits per heavy atom. The predicted molar refractivity (Wildman–Crippen MR) is 104 cm³/mol. The molecule has 0 bridgehead atoms. The molecule has 1 aliphatic rings. The maximum absolute atomic E-state index is 12.7. The van der Waals surface area contributed by atoms with E-state index in [9.17, 15) is 9.59 Å². The molecule has 2 aromatic heterocycles. The summed E-state index contributed by atoms with van der Waals surface area (Å²) in [5.74, 6) is -0.636. The Hall–Kier alpha value is -3.73. The fourth-order valence-corrected chi connectivity index (χ4v) is 3.52. The first-order valence-corrected chi connectivity index (χ1v) is 8.64. The molecule has 0 saturated heterocycles. The molecule has 0 radical (unpaired) electrons. The minimum atomic E-state index is -0.318. The number of H-pyrrole nitrogens is 1. The second-order valence-electron chi connectivity index (χ2n) is 6.70. The molecule has 2 amide bonds. The second-order valence-corrected chi connectivity index (χ2v) is 6.70. The number of imide groups is 1. The number of fused-ring (bicyclic) bond motifs is 2. The second kappa shape index (κ2) is 5.64. The first-order chi connectivity index (χ1) is 13.1. The number of anilines is 1. The van der Waals surface area contributed by atoms with Gasteiger partial charge < -0.3 is 4.98 Å². The molecule has 2 aromatic carbocycles. The molecule has 1 N–H and O–H groups in total. The van der Waals surface area contributed by atoms with E-state index in [4.69, 9.17) is 0 Å². The molecule has 0 fully saturated rings. The molecule has 0 spiro atoms. The van der Waals surface area contributed by atoms with E-state index >= 15 is 0 Å². The molecular weight excluding hydrogens is 338 g/mol. The number of hydrogen-bond donors (Lipinski definition) is 1. The molecule has 5 heteroatoms. The lowest BCUT2D eigenvalue weighted by Crippen LogP contribution is -2.29. The van der Waals surface area contributed by atoms with E-state index in [1.165, 1.54) is 16.7 Å². The number of nitrogens with one attached hydrogen (secondary N) is 1. The zero-order valence-corrected chi connectivity index (χ0v) is 14.6. The Kier molecular flexibility index (Phi) is 3.24. The number of carbonyl (C=O) groups excluding carboxylic acids is 2. The van der Waals surface area contributed by atoms with Gasteiger partial charge >= 0.3 is 0 Å². The highest BCUT2D eigenvalue weighted by molar-refractivity contribution is 6.34. The molecule has 0 aliphatic carbocycles. The van der Waals surface area contributed by atoms with Crippen LogP contribution in [0.1, 0.15) is 26.3 Å². The number of carbonyl (C=O) groups is 2. The van der Waals surface area contributed by atoms with Gasteiger partial charge in [0.15, 0.2) is 0 Å². The molecule has 1 aliphatic heterocycles. The summed E-state index contributed by atoms with van der Waals surface area (Å²) in [6.07, 6.45) is 3.26. The van der Waals surface area contributed by atoms with Crippen LogP contribution >= 0.6 is 0 Å². The Labute approximate surface area is 155 Å². The lowest BCUT2D eigenvalue weighted by Gasteiger charge is -2.14. The van der Waals surface area contributed by atoms with Gasteiger partial charge in [-0.25, -0.2) is 4.90 Å². The van der Waals surface area contributed by atoms with Crippen molar-refractivity contribution in [3.8, 4) is 11.3 Å². The van der Waals surface area contributed by atoms with Crippen molar-refractivity contribution in [2.45, 2.75) is 6.92 Å². The zero-order valence-electron chi connectivity index (χ0n) is 14.6. The largest absolute Gasteiger partial charge is 0.354 e. The van der Waals surface area contributed by atoms with E-state index in [1.807, 2.05) is 19.1 Å². The van der Waals surface area contributed by atoms with Gasteiger partial charge in [-0.3, -0.25) is 14.6 Å². The molecule has 5 rings (SSSR count). The van der Waals surface area contributed by atoms with E-state index in [2.05, 4.69) is 28.2 Å². The van der Waals surface area contributed by atoms with Crippen molar-refractivity contribution >= 4 is 28.4 Å². The number of aromatic nitrogens is 2. The minimum Gasteiger partial charge on any atom is -0.354 e. The summed E-state index contributed by atoms with van der Waals surface area (Å²) in [4.78, 5) is 34.2. The Bertz CT molecular complexity index is 1200. The maximum Gasteiger partial charge on any atom is 0.266 e. The van der Waals surface area contributed by atoms with Crippen LogP contribution in [0.2, 0.25) is 0 Å². The van der Waals surface area contributed by atoms with Gasteiger partial charge in [0.1, 0.15) is 0 Å². The van der Waals surface area contributed by atoms with E-state index < -0.39 is 0 Å². The summed E-state index contributed by atoms with van der Waals surface area (Å²) in [6, 6.07) is 16.9. The standard InChI is InChI=1S/C22H15N3O2/c1-13-6-7-14-10-20(24-19(14)8-13)15-9-16(12-23-11-15)25-21(26)17-4-2-3-5-18(17)22(25)27/h2-12,24H,1H3.